The quantitative estimate of drug-likeness (QED) is 0.630. The van der Waals surface area contributed by atoms with Gasteiger partial charge in [-0.15, -0.1) is 0 Å². The molecular weight excluding hydrogens is 142 g/mol. The third kappa shape index (κ3) is 2.03. The standard InChI is InChI=1S/C8H13NO2/c1-5(10)7-3-8(4-7)9-6(2)11/h7-8H,3-4H2,1-2H3,(H,9,11). The van der Waals surface area contributed by atoms with Crippen LogP contribution in [0.15, 0.2) is 0 Å². The van der Waals surface area contributed by atoms with Crippen LogP contribution in [0.25, 0.3) is 0 Å². The highest BCUT2D eigenvalue weighted by atomic mass is 16.1. The van der Waals surface area contributed by atoms with Gasteiger partial charge in [0.2, 0.25) is 5.91 Å². The van der Waals surface area contributed by atoms with Gasteiger partial charge in [0.1, 0.15) is 5.78 Å². The first-order chi connectivity index (χ1) is 5.09. The predicted octanol–water partition coefficient (Wildman–Crippen LogP) is 0.490. The van der Waals surface area contributed by atoms with Crippen LogP contribution in [0.1, 0.15) is 26.7 Å². The van der Waals surface area contributed by atoms with E-state index in [0.29, 0.717) is 0 Å². The Morgan fingerprint density at radius 2 is 1.82 bits per heavy atom. The van der Waals surface area contributed by atoms with Crippen molar-refractivity contribution in [3.63, 3.8) is 0 Å². The van der Waals surface area contributed by atoms with Crippen LogP contribution in [0.5, 0.6) is 0 Å². The van der Waals surface area contributed by atoms with Gasteiger partial charge < -0.3 is 5.32 Å². The minimum absolute atomic E-state index is 0.00278. The van der Waals surface area contributed by atoms with Gasteiger partial charge in [-0.2, -0.15) is 0 Å². The third-order valence-corrected chi connectivity index (χ3v) is 2.12. The lowest BCUT2D eigenvalue weighted by Crippen LogP contribution is -2.45. The minimum atomic E-state index is -0.00278. The number of nitrogens with one attached hydrogen (secondary N) is 1. The van der Waals surface area contributed by atoms with Crippen LogP contribution >= 0.6 is 0 Å². The zero-order chi connectivity index (χ0) is 8.43. The summed E-state index contributed by atoms with van der Waals surface area (Å²) in [5, 5.41) is 2.77. The Labute approximate surface area is 66.2 Å². The molecule has 0 bridgehead atoms. The van der Waals surface area contributed by atoms with Crippen molar-refractivity contribution in [3.05, 3.63) is 0 Å². The summed E-state index contributed by atoms with van der Waals surface area (Å²) in [6, 6.07) is 0.251. The summed E-state index contributed by atoms with van der Waals surface area (Å²) in [6.07, 6.45) is 1.66. The van der Waals surface area contributed by atoms with Gasteiger partial charge in [-0.3, -0.25) is 9.59 Å². The van der Waals surface area contributed by atoms with E-state index >= 15 is 0 Å². The molecule has 1 aliphatic rings. The Kier molecular flexibility index (Phi) is 2.27. The molecule has 3 heteroatoms. The van der Waals surface area contributed by atoms with Gasteiger partial charge in [-0.05, 0) is 19.8 Å². The lowest BCUT2D eigenvalue weighted by Gasteiger charge is -2.33. The highest BCUT2D eigenvalue weighted by molar-refractivity contribution is 5.80. The molecule has 1 amide bonds. The predicted molar refractivity (Wildman–Crippen MR) is 41.0 cm³/mol. The molecule has 0 saturated heterocycles. The van der Waals surface area contributed by atoms with E-state index in [1.807, 2.05) is 0 Å². The molecule has 0 aromatic heterocycles. The molecular formula is C8H13NO2. The van der Waals surface area contributed by atoms with Crippen molar-refractivity contribution in [2.45, 2.75) is 32.7 Å². The van der Waals surface area contributed by atoms with E-state index in [1.54, 1.807) is 6.92 Å². The van der Waals surface area contributed by atoms with E-state index in [0.717, 1.165) is 12.8 Å². The van der Waals surface area contributed by atoms with Crippen molar-refractivity contribution >= 4 is 11.7 Å². The van der Waals surface area contributed by atoms with E-state index in [9.17, 15) is 9.59 Å². The van der Waals surface area contributed by atoms with Crippen molar-refractivity contribution in [2.75, 3.05) is 0 Å². The Morgan fingerprint density at radius 3 is 2.18 bits per heavy atom. The normalized spacial score (nSPS) is 28.9. The Hall–Kier alpha value is -0.860. The number of carbonyl (C=O) groups is 2. The minimum Gasteiger partial charge on any atom is -0.354 e. The van der Waals surface area contributed by atoms with Crippen LogP contribution in [-0.2, 0) is 9.59 Å². The van der Waals surface area contributed by atoms with Gasteiger partial charge in [0.15, 0.2) is 0 Å². The molecule has 0 aromatic carbocycles. The van der Waals surface area contributed by atoms with Crippen molar-refractivity contribution in [1.29, 1.82) is 0 Å². The average molecular weight is 155 g/mol. The second kappa shape index (κ2) is 3.03. The van der Waals surface area contributed by atoms with Crippen LogP contribution < -0.4 is 5.32 Å². The number of rotatable bonds is 2. The van der Waals surface area contributed by atoms with Gasteiger partial charge in [0.25, 0.3) is 0 Å². The Morgan fingerprint density at radius 1 is 1.27 bits per heavy atom. The van der Waals surface area contributed by atoms with E-state index in [-0.39, 0.29) is 23.7 Å². The number of carbonyl (C=O) groups excluding carboxylic acids is 2. The first-order valence-corrected chi connectivity index (χ1v) is 3.87. The fraction of sp³-hybridized carbons (Fsp3) is 0.750. The molecule has 0 heterocycles. The zero-order valence-electron chi connectivity index (χ0n) is 6.89. The lowest BCUT2D eigenvalue weighted by atomic mass is 9.78. The molecule has 1 saturated carbocycles. The summed E-state index contributed by atoms with van der Waals surface area (Å²) in [5.74, 6) is 0.440. The second-order valence-electron chi connectivity index (χ2n) is 3.18. The van der Waals surface area contributed by atoms with Gasteiger partial charge in [0.05, 0.1) is 0 Å². The van der Waals surface area contributed by atoms with Gasteiger partial charge in [-0.25, -0.2) is 0 Å². The van der Waals surface area contributed by atoms with Crippen molar-refractivity contribution in [3.8, 4) is 0 Å². The van der Waals surface area contributed by atoms with Crippen molar-refractivity contribution < 1.29 is 9.59 Å². The van der Waals surface area contributed by atoms with Crippen LogP contribution in [0, 0.1) is 5.92 Å². The molecule has 0 aromatic rings. The second-order valence-corrected chi connectivity index (χ2v) is 3.18. The maximum absolute atomic E-state index is 10.7. The molecule has 1 rings (SSSR count). The lowest BCUT2D eigenvalue weighted by molar-refractivity contribution is -0.126. The van der Waals surface area contributed by atoms with Crippen LogP contribution in [0.4, 0.5) is 0 Å². The van der Waals surface area contributed by atoms with Gasteiger partial charge in [-0.1, -0.05) is 0 Å². The van der Waals surface area contributed by atoms with Crippen LogP contribution in [0.3, 0.4) is 0 Å². The molecule has 3 nitrogen and oxygen atoms in total. The van der Waals surface area contributed by atoms with E-state index in [1.165, 1.54) is 6.92 Å². The first kappa shape index (κ1) is 8.24. The number of hydrogen-bond acceptors (Lipinski definition) is 2. The number of Topliss-reactive ketones (excluding diaryl/α,β-unsaturated/α-hetero) is 1. The summed E-state index contributed by atoms with van der Waals surface area (Å²) < 4.78 is 0. The van der Waals surface area contributed by atoms with Gasteiger partial charge >= 0.3 is 0 Å². The molecule has 0 atom stereocenters. The fourth-order valence-corrected chi connectivity index (χ4v) is 1.36. The Bertz CT molecular complexity index is 183. The van der Waals surface area contributed by atoms with E-state index in [4.69, 9.17) is 0 Å². The topological polar surface area (TPSA) is 46.2 Å². The summed E-state index contributed by atoms with van der Waals surface area (Å²) in [4.78, 5) is 21.3. The smallest absolute Gasteiger partial charge is 0.217 e. The van der Waals surface area contributed by atoms with Crippen LogP contribution in [0.2, 0.25) is 0 Å². The maximum atomic E-state index is 10.7. The van der Waals surface area contributed by atoms with E-state index < -0.39 is 0 Å². The first-order valence-electron chi connectivity index (χ1n) is 3.87. The molecule has 1 fully saturated rings. The molecule has 0 radical (unpaired) electrons. The highest BCUT2D eigenvalue weighted by Crippen LogP contribution is 2.27. The zero-order valence-corrected chi connectivity index (χ0v) is 6.89. The molecule has 0 unspecified atom stereocenters. The van der Waals surface area contributed by atoms with Gasteiger partial charge in [0, 0.05) is 18.9 Å². The Balaban J connectivity index is 2.19. The van der Waals surface area contributed by atoms with Crippen molar-refractivity contribution in [1.82, 2.24) is 5.32 Å². The maximum Gasteiger partial charge on any atom is 0.217 e. The summed E-state index contributed by atoms with van der Waals surface area (Å²) in [6.45, 7) is 3.11. The molecule has 1 aliphatic carbocycles. The summed E-state index contributed by atoms with van der Waals surface area (Å²) in [5.41, 5.74) is 0. The summed E-state index contributed by atoms with van der Waals surface area (Å²) in [7, 11) is 0. The molecule has 11 heavy (non-hydrogen) atoms. The number of amides is 1. The third-order valence-electron chi connectivity index (χ3n) is 2.12. The number of ketones is 1. The molecule has 62 valence electrons. The molecule has 0 aliphatic heterocycles. The monoisotopic (exact) mass is 155 g/mol. The largest absolute Gasteiger partial charge is 0.354 e. The SMILES string of the molecule is CC(=O)NC1CC(C(C)=O)C1. The van der Waals surface area contributed by atoms with Crippen molar-refractivity contribution in [2.24, 2.45) is 5.92 Å². The van der Waals surface area contributed by atoms with E-state index in [2.05, 4.69) is 5.32 Å². The highest BCUT2D eigenvalue weighted by Gasteiger charge is 2.32. The number of hydrogen-bond donors (Lipinski definition) is 1. The fourth-order valence-electron chi connectivity index (χ4n) is 1.36. The molecule has 0 spiro atoms. The molecule has 1 N–H and O–H groups in total. The average Bonchev–Trinajstić information content (AvgIpc) is 1.75. The summed E-state index contributed by atoms with van der Waals surface area (Å²) >= 11 is 0. The van der Waals surface area contributed by atoms with Crippen LogP contribution in [-0.4, -0.2) is 17.7 Å².